The molecule has 1 aliphatic carbocycles. The number of hydrogen-bond donors (Lipinski definition) is 2. The molecule has 0 saturated heterocycles. The Kier molecular flexibility index (Phi) is 2.80. The summed E-state index contributed by atoms with van der Waals surface area (Å²) in [6, 6.07) is 2.13. The zero-order valence-corrected chi connectivity index (χ0v) is 10.4. The number of rotatable bonds is 2. The summed E-state index contributed by atoms with van der Waals surface area (Å²) in [4.78, 5) is 13.4. The van der Waals surface area contributed by atoms with Crippen molar-refractivity contribution >= 4 is 17.3 Å². The zero-order chi connectivity index (χ0) is 11.9. The predicted molar refractivity (Wildman–Crippen MR) is 64.8 cm³/mol. The van der Waals surface area contributed by atoms with Gasteiger partial charge in [-0.2, -0.15) is 0 Å². The van der Waals surface area contributed by atoms with Gasteiger partial charge in [0.15, 0.2) is 0 Å². The monoisotopic (exact) mass is 239 g/mol. The van der Waals surface area contributed by atoms with E-state index in [0.29, 0.717) is 12.3 Å². The molecule has 3 nitrogen and oxygen atoms in total. The summed E-state index contributed by atoms with van der Waals surface area (Å²) in [5.74, 6) is -0.459. The molecule has 1 atom stereocenters. The van der Waals surface area contributed by atoms with Crippen LogP contribution in [0.25, 0.3) is 0 Å². The van der Waals surface area contributed by atoms with Crippen LogP contribution in [-0.4, -0.2) is 11.1 Å². The minimum atomic E-state index is -1.15. The lowest BCUT2D eigenvalue weighted by Gasteiger charge is -2.28. The summed E-state index contributed by atoms with van der Waals surface area (Å²) in [5.41, 5.74) is 6.03. The molecule has 1 unspecified atom stereocenters. The standard InChI is InChI=1S/C12H17NO2S/c1-7(2)9-6-8-4-3-5-12(13,11(14)15)10(8)16-9/h6-7H,3-5,13H2,1-2H3,(H,14,15). The normalized spacial score (nSPS) is 24.5. The Morgan fingerprint density at radius 3 is 2.88 bits per heavy atom. The summed E-state index contributed by atoms with van der Waals surface area (Å²) in [6.07, 6.45) is 2.38. The molecule has 0 spiro atoms. The highest BCUT2D eigenvalue weighted by molar-refractivity contribution is 7.12. The number of aryl methyl sites for hydroxylation is 1. The van der Waals surface area contributed by atoms with E-state index in [1.165, 1.54) is 4.88 Å². The van der Waals surface area contributed by atoms with Crippen LogP contribution in [0.5, 0.6) is 0 Å². The third kappa shape index (κ3) is 1.66. The van der Waals surface area contributed by atoms with Gasteiger partial charge in [-0.1, -0.05) is 13.8 Å². The van der Waals surface area contributed by atoms with Crippen LogP contribution in [0.1, 0.15) is 47.9 Å². The molecule has 4 heteroatoms. The maximum atomic E-state index is 11.3. The third-order valence-corrected chi connectivity index (χ3v) is 4.86. The van der Waals surface area contributed by atoms with Crippen LogP contribution >= 0.6 is 11.3 Å². The van der Waals surface area contributed by atoms with Gasteiger partial charge >= 0.3 is 5.97 Å². The molecule has 0 radical (unpaired) electrons. The highest BCUT2D eigenvalue weighted by Gasteiger charge is 2.41. The van der Waals surface area contributed by atoms with Gasteiger partial charge in [0.1, 0.15) is 5.54 Å². The van der Waals surface area contributed by atoms with Gasteiger partial charge in [-0.15, -0.1) is 11.3 Å². The van der Waals surface area contributed by atoms with E-state index in [-0.39, 0.29) is 0 Å². The molecule has 1 aliphatic rings. The fraction of sp³-hybridized carbons (Fsp3) is 0.583. The van der Waals surface area contributed by atoms with Gasteiger partial charge in [0.2, 0.25) is 0 Å². The van der Waals surface area contributed by atoms with Gasteiger partial charge < -0.3 is 10.8 Å². The Hall–Kier alpha value is -0.870. The second kappa shape index (κ2) is 3.86. The van der Waals surface area contributed by atoms with Gasteiger partial charge in [-0.25, -0.2) is 4.79 Å². The lowest BCUT2D eigenvalue weighted by molar-refractivity contribution is -0.144. The molecule has 3 N–H and O–H groups in total. The minimum Gasteiger partial charge on any atom is -0.480 e. The van der Waals surface area contributed by atoms with E-state index in [0.717, 1.165) is 23.3 Å². The largest absolute Gasteiger partial charge is 0.480 e. The summed E-state index contributed by atoms with van der Waals surface area (Å²) in [5, 5.41) is 9.27. The Morgan fingerprint density at radius 1 is 1.62 bits per heavy atom. The molecule has 0 saturated carbocycles. The maximum absolute atomic E-state index is 11.3. The van der Waals surface area contributed by atoms with Gasteiger partial charge in [0, 0.05) is 9.75 Å². The Labute approximate surface area is 99.3 Å². The lowest BCUT2D eigenvalue weighted by Crippen LogP contribution is -2.46. The number of nitrogens with two attached hydrogens (primary N) is 1. The second-order valence-corrected chi connectivity index (χ2v) is 5.87. The van der Waals surface area contributed by atoms with Crippen molar-refractivity contribution in [3.8, 4) is 0 Å². The first-order valence-corrected chi connectivity index (χ1v) is 6.42. The van der Waals surface area contributed by atoms with E-state index < -0.39 is 11.5 Å². The molecule has 88 valence electrons. The predicted octanol–water partition coefficient (Wildman–Crippen LogP) is 2.45. The van der Waals surface area contributed by atoms with Crippen molar-refractivity contribution in [1.29, 1.82) is 0 Å². The zero-order valence-electron chi connectivity index (χ0n) is 9.62. The number of carboxylic acid groups (broad SMARTS) is 1. The van der Waals surface area contributed by atoms with E-state index in [1.54, 1.807) is 11.3 Å². The summed E-state index contributed by atoms with van der Waals surface area (Å²) in [6.45, 7) is 4.24. The van der Waals surface area contributed by atoms with E-state index in [9.17, 15) is 9.90 Å². The molecule has 1 heterocycles. The molecule has 1 aromatic heterocycles. The van der Waals surface area contributed by atoms with Crippen LogP contribution in [-0.2, 0) is 16.8 Å². The number of aliphatic carboxylic acids is 1. The maximum Gasteiger partial charge on any atom is 0.329 e. The van der Waals surface area contributed by atoms with Crippen molar-refractivity contribution in [3.63, 3.8) is 0 Å². The molecular weight excluding hydrogens is 222 g/mol. The van der Waals surface area contributed by atoms with Gasteiger partial charge in [-0.05, 0) is 36.8 Å². The lowest BCUT2D eigenvalue weighted by atomic mass is 9.83. The van der Waals surface area contributed by atoms with Crippen LogP contribution in [0, 0.1) is 0 Å². The molecule has 0 aliphatic heterocycles. The number of thiophene rings is 1. The summed E-state index contributed by atoms with van der Waals surface area (Å²) in [7, 11) is 0. The van der Waals surface area contributed by atoms with Crippen molar-refractivity contribution in [1.82, 2.24) is 0 Å². The summed E-state index contributed by atoms with van der Waals surface area (Å²) < 4.78 is 0. The smallest absolute Gasteiger partial charge is 0.329 e. The van der Waals surface area contributed by atoms with Crippen molar-refractivity contribution in [3.05, 3.63) is 21.4 Å². The van der Waals surface area contributed by atoms with E-state index in [4.69, 9.17) is 5.73 Å². The Morgan fingerprint density at radius 2 is 2.31 bits per heavy atom. The topological polar surface area (TPSA) is 63.3 Å². The highest BCUT2D eigenvalue weighted by Crippen LogP contribution is 2.41. The Balaban J connectivity index is 2.50. The number of carbonyl (C=O) groups is 1. The van der Waals surface area contributed by atoms with Gasteiger partial charge in [0.25, 0.3) is 0 Å². The van der Waals surface area contributed by atoms with Crippen LogP contribution in [0.2, 0.25) is 0 Å². The minimum absolute atomic E-state index is 0.439. The van der Waals surface area contributed by atoms with Crippen LogP contribution < -0.4 is 5.73 Å². The number of fused-ring (bicyclic) bond motifs is 1. The highest BCUT2D eigenvalue weighted by atomic mass is 32.1. The molecule has 0 amide bonds. The second-order valence-electron chi connectivity index (χ2n) is 4.79. The first kappa shape index (κ1) is 11.6. The average molecular weight is 239 g/mol. The molecule has 1 aromatic rings. The molecule has 0 bridgehead atoms. The van der Waals surface area contributed by atoms with Crippen molar-refractivity contribution in [2.24, 2.45) is 5.73 Å². The van der Waals surface area contributed by atoms with Crippen molar-refractivity contribution < 1.29 is 9.90 Å². The molecule has 16 heavy (non-hydrogen) atoms. The fourth-order valence-corrected chi connectivity index (χ4v) is 3.51. The number of hydrogen-bond acceptors (Lipinski definition) is 3. The summed E-state index contributed by atoms with van der Waals surface area (Å²) >= 11 is 1.57. The van der Waals surface area contributed by atoms with E-state index in [2.05, 4.69) is 19.9 Å². The van der Waals surface area contributed by atoms with Crippen LogP contribution in [0.3, 0.4) is 0 Å². The van der Waals surface area contributed by atoms with Gasteiger partial charge in [-0.3, -0.25) is 0 Å². The molecule has 0 aromatic carbocycles. The van der Waals surface area contributed by atoms with E-state index >= 15 is 0 Å². The van der Waals surface area contributed by atoms with Crippen molar-refractivity contribution in [2.75, 3.05) is 0 Å². The molecular formula is C12H17NO2S. The average Bonchev–Trinajstić information content (AvgIpc) is 2.63. The fourth-order valence-electron chi connectivity index (χ4n) is 2.17. The molecule has 2 rings (SSSR count). The molecule has 0 fully saturated rings. The van der Waals surface area contributed by atoms with Crippen LogP contribution in [0.4, 0.5) is 0 Å². The first-order valence-electron chi connectivity index (χ1n) is 5.60. The van der Waals surface area contributed by atoms with E-state index in [1.807, 2.05) is 0 Å². The van der Waals surface area contributed by atoms with Crippen LogP contribution in [0.15, 0.2) is 6.07 Å². The quantitative estimate of drug-likeness (QED) is 0.833. The SMILES string of the molecule is CC(C)c1cc2c(s1)C(N)(C(=O)O)CCC2. The first-order chi connectivity index (χ1) is 7.45. The Bertz CT molecular complexity index is 425. The van der Waals surface area contributed by atoms with Crippen molar-refractivity contribution in [2.45, 2.75) is 44.6 Å². The number of carboxylic acids is 1. The third-order valence-electron chi connectivity index (χ3n) is 3.20. The van der Waals surface area contributed by atoms with Gasteiger partial charge in [0.05, 0.1) is 0 Å².